The summed E-state index contributed by atoms with van der Waals surface area (Å²) in [5.74, 6) is -0.256. The molecule has 0 spiro atoms. The van der Waals surface area contributed by atoms with E-state index in [4.69, 9.17) is 9.47 Å². The van der Waals surface area contributed by atoms with Crippen molar-refractivity contribution in [2.24, 2.45) is 0 Å². The number of hydrogen-bond donors (Lipinski definition) is 1. The van der Waals surface area contributed by atoms with Crippen molar-refractivity contribution in [1.82, 2.24) is 0 Å². The molecule has 0 aromatic heterocycles. The third-order valence-corrected chi connectivity index (χ3v) is 9.63. The molecule has 0 saturated carbocycles. The van der Waals surface area contributed by atoms with Crippen molar-refractivity contribution < 1.29 is 19.4 Å². The van der Waals surface area contributed by atoms with Crippen molar-refractivity contribution in [3.63, 3.8) is 0 Å². The second-order valence-electron chi connectivity index (χ2n) is 12.8. The van der Waals surface area contributed by atoms with Crippen LogP contribution in [-0.2, 0) is 26.3 Å². The van der Waals surface area contributed by atoms with Gasteiger partial charge in [0.25, 0.3) is 0 Å². The molecule has 256 valence electrons. The molecule has 0 radical (unpaired) electrons. The third kappa shape index (κ3) is 12.8. The summed E-state index contributed by atoms with van der Waals surface area (Å²) in [6.07, 6.45) is 15.5. The fraction of sp³-hybridized carbons (Fsp3) is 0.419. The largest absolute Gasteiger partial charge is 0.463 e. The molecule has 0 heterocycles. The number of benzene rings is 4. The molecule has 1 N–H and O–H groups in total. The molecule has 4 aromatic rings. The lowest BCUT2D eigenvalue weighted by Crippen LogP contribution is -2.37. The first-order chi connectivity index (χ1) is 23.6. The monoisotopic (exact) mass is 760 g/mol. The first kappa shape index (κ1) is 37.8. The highest BCUT2D eigenvalue weighted by atomic mass is 127. The smallest absolute Gasteiger partial charge is 0.305 e. The molecule has 4 rings (SSSR count). The molecule has 5 heteroatoms. The zero-order valence-corrected chi connectivity index (χ0v) is 30.6. The molecule has 0 saturated heterocycles. The lowest BCUT2D eigenvalue weighted by atomic mass is 9.80. The van der Waals surface area contributed by atoms with Crippen molar-refractivity contribution in [1.29, 1.82) is 0 Å². The predicted octanol–water partition coefficient (Wildman–Crippen LogP) is 10.8. The highest BCUT2D eigenvalue weighted by Crippen LogP contribution is 2.40. The van der Waals surface area contributed by atoms with Crippen LogP contribution in [0, 0.1) is 3.57 Å². The topological polar surface area (TPSA) is 55.8 Å². The minimum Gasteiger partial charge on any atom is -0.463 e. The van der Waals surface area contributed by atoms with E-state index in [1.807, 2.05) is 91.0 Å². The minimum absolute atomic E-state index is 0.0136. The molecule has 1 unspecified atom stereocenters. The van der Waals surface area contributed by atoms with Gasteiger partial charge in [-0.3, -0.25) is 4.79 Å². The summed E-state index contributed by atoms with van der Waals surface area (Å²) < 4.78 is 13.4. The Balaban J connectivity index is 1.07. The number of ether oxygens (including phenoxy) is 2. The maximum atomic E-state index is 12.4. The van der Waals surface area contributed by atoms with Crippen molar-refractivity contribution in [3.05, 3.63) is 141 Å². The van der Waals surface area contributed by atoms with Crippen LogP contribution in [0.15, 0.2) is 115 Å². The summed E-state index contributed by atoms with van der Waals surface area (Å²) in [6, 6.07) is 39.0. The summed E-state index contributed by atoms with van der Waals surface area (Å²) in [5.41, 5.74) is 3.44. The Hall–Kier alpha value is -3.00. The van der Waals surface area contributed by atoms with Gasteiger partial charge in [-0.05, 0) is 76.2 Å². The van der Waals surface area contributed by atoms with Gasteiger partial charge < -0.3 is 14.6 Å². The Morgan fingerprint density at radius 1 is 0.583 bits per heavy atom. The van der Waals surface area contributed by atoms with Crippen LogP contribution in [0.3, 0.4) is 0 Å². The number of aryl methyl sites for hydroxylation is 1. The summed E-state index contributed by atoms with van der Waals surface area (Å²) in [5, 5.41) is 10.8. The molecule has 0 aliphatic heterocycles. The number of unbranched alkanes of at least 4 members (excludes halogenated alkanes) is 11. The molecule has 0 aliphatic carbocycles. The SMILES string of the molecule is O=C(CCCCCCCCCCCCCCc1cccc(I)c1)OCC(O)COC(c1ccccc1)(c1ccccc1)c1ccccc1. The standard InChI is InChI=1S/C43H53IO4/c44-40-31-22-24-36(33-40)23-14-9-7-5-3-1-2-4-6-8-10-21-32-42(46)47-34-41(45)35-48-43(37-25-15-11-16-26-37,38-27-17-12-18-28-38)39-29-19-13-20-30-39/h11-13,15-20,22,24-31,33,41,45H,1-10,14,21,23,32,34-35H2. The molecule has 0 fully saturated rings. The zero-order chi connectivity index (χ0) is 33.7. The number of carbonyl (C=O) groups excluding carboxylic acids is 1. The number of hydrogen-bond acceptors (Lipinski definition) is 4. The Morgan fingerprint density at radius 3 is 1.52 bits per heavy atom. The second-order valence-corrected chi connectivity index (χ2v) is 14.0. The van der Waals surface area contributed by atoms with E-state index in [1.165, 1.54) is 73.3 Å². The van der Waals surface area contributed by atoms with Crippen molar-refractivity contribution in [2.75, 3.05) is 13.2 Å². The Labute approximate surface area is 302 Å². The maximum absolute atomic E-state index is 12.4. The van der Waals surface area contributed by atoms with E-state index < -0.39 is 11.7 Å². The Kier molecular flexibility index (Phi) is 17.2. The molecular formula is C43H53IO4. The lowest BCUT2D eigenvalue weighted by molar-refractivity contribution is -0.149. The van der Waals surface area contributed by atoms with Gasteiger partial charge >= 0.3 is 5.97 Å². The highest BCUT2D eigenvalue weighted by molar-refractivity contribution is 14.1. The third-order valence-electron chi connectivity index (χ3n) is 8.96. The molecule has 0 amide bonds. The predicted molar refractivity (Wildman–Crippen MR) is 205 cm³/mol. The van der Waals surface area contributed by atoms with Gasteiger partial charge in [-0.25, -0.2) is 0 Å². The molecular weight excluding hydrogens is 707 g/mol. The molecule has 4 nitrogen and oxygen atoms in total. The van der Waals surface area contributed by atoms with Gasteiger partial charge in [-0.15, -0.1) is 0 Å². The van der Waals surface area contributed by atoms with Crippen LogP contribution in [0.2, 0.25) is 0 Å². The molecule has 48 heavy (non-hydrogen) atoms. The zero-order valence-electron chi connectivity index (χ0n) is 28.4. The summed E-state index contributed by atoms with van der Waals surface area (Å²) in [6.45, 7) is -0.0700. The average Bonchev–Trinajstić information content (AvgIpc) is 3.12. The van der Waals surface area contributed by atoms with Crippen LogP contribution in [0.25, 0.3) is 0 Å². The number of aliphatic hydroxyl groups is 1. The number of halogens is 1. The molecule has 0 aliphatic rings. The van der Waals surface area contributed by atoms with Crippen LogP contribution < -0.4 is 0 Å². The van der Waals surface area contributed by atoms with E-state index in [9.17, 15) is 9.90 Å². The van der Waals surface area contributed by atoms with Gasteiger partial charge in [-0.2, -0.15) is 0 Å². The van der Waals surface area contributed by atoms with Gasteiger partial charge in [0.1, 0.15) is 18.3 Å². The van der Waals surface area contributed by atoms with Crippen LogP contribution in [0.1, 0.15) is 106 Å². The number of rotatable bonds is 23. The fourth-order valence-corrected chi connectivity index (χ4v) is 6.97. The van der Waals surface area contributed by atoms with Crippen LogP contribution in [-0.4, -0.2) is 30.4 Å². The quantitative estimate of drug-likeness (QED) is 0.0354. The highest BCUT2D eigenvalue weighted by Gasteiger charge is 2.38. The van der Waals surface area contributed by atoms with Crippen LogP contribution >= 0.6 is 22.6 Å². The van der Waals surface area contributed by atoms with Crippen molar-refractivity contribution >= 4 is 28.6 Å². The van der Waals surface area contributed by atoms with Crippen LogP contribution in [0.4, 0.5) is 0 Å². The average molecular weight is 761 g/mol. The van der Waals surface area contributed by atoms with E-state index >= 15 is 0 Å². The van der Waals surface area contributed by atoms with Crippen molar-refractivity contribution in [2.45, 2.75) is 102 Å². The summed E-state index contributed by atoms with van der Waals surface area (Å²) in [4.78, 5) is 12.4. The van der Waals surface area contributed by atoms with Gasteiger partial charge in [0.05, 0.1) is 6.61 Å². The molecule has 1 atom stereocenters. The lowest BCUT2D eigenvalue weighted by Gasteiger charge is -2.36. The van der Waals surface area contributed by atoms with Crippen LogP contribution in [0.5, 0.6) is 0 Å². The first-order valence-electron chi connectivity index (χ1n) is 18.0. The van der Waals surface area contributed by atoms with E-state index in [2.05, 4.69) is 46.9 Å². The Morgan fingerprint density at radius 2 is 1.04 bits per heavy atom. The minimum atomic E-state index is -0.942. The maximum Gasteiger partial charge on any atom is 0.305 e. The van der Waals surface area contributed by atoms with E-state index in [0.717, 1.165) is 36.0 Å². The molecule has 4 aromatic carbocycles. The number of esters is 1. The van der Waals surface area contributed by atoms with Gasteiger partial charge in [0, 0.05) is 9.99 Å². The van der Waals surface area contributed by atoms with Gasteiger partial charge in [-0.1, -0.05) is 167 Å². The van der Waals surface area contributed by atoms with E-state index in [1.54, 1.807) is 0 Å². The van der Waals surface area contributed by atoms with Crippen molar-refractivity contribution in [3.8, 4) is 0 Å². The van der Waals surface area contributed by atoms with E-state index in [-0.39, 0.29) is 19.2 Å². The second kappa shape index (κ2) is 21.9. The Bertz CT molecular complexity index is 1330. The summed E-state index contributed by atoms with van der Waals surface area (Å²) >= 11 is 2.39. The van der Waals surface area contributed by atoms with Gasteiger partial charge in [0.2, 0.25) is 0 Å². The normalized spacial score (nSPS) is 12.1. The number of carbonyl (C=O) groups is 1. The van der Waals surface area contributed by atoms with Gasteiger partial charge in [0.15, 0.2) is 0 Å². The molecule has 0 bridgehead atoms. The number of aliphatic hydroxyl groups excluding tert-OH is 1. The van der Waals surface area contributed by atoms with E-state index in [0.29, 0.717) is 6.42 Å². The fourth-order valence-electron chi connectivity index (χ4n) is 6.36. The first-order valence-corrected chi connectivity index (χ1v) is 19.0. The summed E-state index contributed by atoms with van der Waals surface area (Å²) in [7, 11) is 0.